The van der Waals surface area contributed by atoms with Crippen molar-refractivity contribution in [2.45, 2.75) is 142 Å². The van der Waals surface area contributed by atoms with E-state index in [0.29, 0.717) is 78.1 Å². The number of anilines is 5. The largest absolute Gasteiger partial charge is 0.481 e. The number of hydrogen-bond acceptors (Lipinski definition) is 18. The highest BCUT2D eigenvalue weighted by molar-refractivity contribution is 7.22. The molecule has 520 valence electrons. The molecule has 98 heavy (non-hydrogen) atoms. The number of likely N-dealkylation sites (N-methyl/N-ethyl adjacent to an activating group) is 1. The van der Waals surface area contributed by atoms with Gasteiger partial charge in [-0.1, -0.05) is 63.3 Å². The Labute approximate surface area is 572 Å². The molecular formula is C70H88N15O12S+. The third-order valence-electron chi connectivity index (χ3n) is 19.8. The van der Waals surface area contributed by atoms with Crippen LogP contribution in [-0.2, 0) is 57.8 Å². The molecule has 4 bridgehead atoms. The molecule has 12 rings (SSSR count). The highest BCUT2D eigenvalue weighted by Crippen LogP contribution is 2.72. The molecule has 0 spiro atoms. The number of fused-ring (bicyclic) bond motifs is 2. The first kappa shape index (κ1) is 70.1. The topological polar surface area (TPSA) is 358 Å². The first-order chi connectivity index (χ1) is 46.7. The van der Waals surface area contributed by atoms with Gasteiger partial charge >= 0.3 is 18.0 Å². The molecule has 2 aromatic carbocycles. The second-order valence-electron chi connectivity index (χ2n) is 28.7. The van der Waals surface area contributed by atoms with Crippen molar-refractivity contribution in [2.75, 3.05) is 75.1 Å². The van der Waals surface area contributed by atoms with E-state index in [9.17, 15) is 48.6 Å². The number of carboxylic acid groups (broad SMARTS) is 2. The van der Waals surface area contributed by atoms with Crippen LogP contribution in [0.1, 0.15) is 126 Å². The van der Waals surface area contributed by atoms with Gasteiger partial charge in [-0.2, -0.15) is 5.10 Å². The number of rotatable bonds is 32. The number of ether oxygens (including phenoxy) is 2. The zero-order valence-corrected chi connectivity index (χ0v) is 57.2. The van der Waals surface area contributed by atoms with Gasteiger partial charge in [0.05, 0.1) is 68.4 Å². The minimum atomic E-state index is -1.16. The van der Waals surface area contributed by atoms with Crippen molar-refractivity contribution in [3.63, 3.8) is 0 Å². The van der Waals surface area contributed by atoms with Crippen LogP contribution in [0.2, 0.25) is 0 Å². The zero-order valence-electron chi connectivity index (χ0n) is 56.4. The molecule has 7 amide bonds. The average molecular weight is 1360 g/mol. The van der Waals surface area contributed by atoms with E-state index in [1.807, 2.05) is 78.3 Å². The van der Waals surface area contributed by atoms with E-state index in [2.05, 4.69) is 50.6 Å². The number of carbonyl (C=O) groups is 8. The summed E-state index contributed by atoms with van der Waals surface area (Å²) in [4.78, 5) is 114. The average Bonchev–Trinajstić information content (AvgIpc) is 0.700. The minimum Gasteiger partial charge on any atom is -0.481 e. The number of primary amides is 1. The first-order valence-corrected chi connectivity index (χ1v) is 34.4. The molecule has 4 saturated carbocycles. The lowest BCUT2D eigenvalue weighted by Crippen LogP contribution is -2.64. The van der Waals surface area contributed by atoms with Gasteiger partial charge < -0.3 is 61.4 Å². The van der Waals surface area contributed by atoms with Crippen LogP contribution >= 0.6 is 11.3 Å². The maximum absolute atomic E-state index is 14.0. The van der Waals surface area contributed by atoms with E-state index in [-0.39, 0.29) is 79.8 Å². The lowest BCUT2D eigenvalue weighted by molar-refractivity contribution is -0.922. The molecule has 6 aliphatic rings. The Balaban J connectivity index is 0.715. The number of hydrogen-bond donors (Lipinski definition) is 8. The molecule has 4 aromatic heterocycles. The summed E-state index contributed by atoms with van der Waals surface area (Å²) in [5, 5.41) is 49.9. The van der Waals surface area contributed by atoms with E-state index in [1.165, 1.54) is 12.2 Å². The van der Waals surface area contributed by atoms with Crippen LogP contribution < -0.4 is 37.2 Å². The summed E-state index contributed by atoms with van der Waals surface area (Å²) in [7, 11) is 2.03. The van der Waals surface area contributed by atoms with E-state index in [1.54, 1.807) is 43.5 Å². The fraction of sp³-hybridized carbons (Fsp3) is 0.500. The highest BCUT2D eigenvalue weighted by Gasteiger charge is 2.66. The molecule has 27 nitrogen and oxygen atoms in total. The van der Waals surface area contributed by atoms with Crippen LogP contribution in [0.3, 0.4) is 0 Å². The number of urea groups is 1. The van der Waals surface area contributed by atoms with Crippen molar-refractivity contribution in [3.8, 4) is 11.1 Å². The first-order valence-electron chi connectivity index (χ1n) is 33.6. The van der Waals surface area contributed by atoms with Gasteiger partial charge in [-0.05, 0) is 130 Å². The fourth-order valence-corrected chi connectivity index (χ4v) is 17.3. The van der Waals surface area contributed by atoms with Crippen LogP contribution in [0.5, 0.6) is 0 Å². The second kappa shape index (κ2) is 29.1. The Bertz CT molecular complexity index is 3990. The molecule has 7 atom stereocenters. The summed E-state index contributed by atoms with van der Waals surface area (Å²) in [5.41, 5.74) is 9.92. The Hall–Kier alpha value is -9.25. The number of benzene rings is 2. The summed E-state index contributed by atoms with van der Waals surface area (Å²) in [5.74, 6) is -3.22. The normalized spacial score (nSPS) is 22.0. The van der Waals surface area contributed by atoms with Crippen LogP contribution in [0, 0.1) is 29.1 Å². The minimum absolute atomic E-state index is 0.000266. The summed E-state index contributed by atoms with van der Waals surface area (Å²) < 4.78 is 16.1. The van der Waals surface area contributed by atoms with Crippen molar-refractivity contribution < 1.29 is 62.5 Å². The maximum atomic E-state index is 14.0. The smallest absolute Gasteiger partial charge is 0.355 e. The van der Waals surface area contributed by atoms with Crippen molar-refractivity contribution in [1.29, 1.82) is 0 Å². The standard InChI is InChI=1S/C70H87N15O12S/c1-43(2)58(78-54(86)24-30-96-31-27-84-55(87)21-22-56(84)88)63(92)75-51(13-9-25-72-65(71)95)62(91)74-47-17-15-45(16-18-47)35-85(6,28-23-57(89)90)29-32-97-70-39-67(4)36-68(5,40-70)38-69(37-67,41-70)42-82-34-46(33-73-82)49-19-20-53(77-59(49)64(93)94)83-26-10-11-48-44(3)60(80-81-61(48)83)79-66-76-50-12-7-8-14-52(50)98-66/h7-8,12,14-22,33-34,43,51,58H,9-11,13,23-32,35-42H2,1-6H3,(H8-,71,72,74,75,76,78,79,80,86,89,90,91,92,93,94,95)/p+1/t51-,58-,67-,68+,69?,70?,85?/m0/s1. The molecule has 2 aliphatic heterocycles. The monoisotopic (exact) mass is 1360 g/mol. The molecule has 6 heterocycles. The SMILES string of the molecule is Cc1c(Nc2nc3ccccc3s2)nnc2c1CCCN2c1ccc(-c2cnn(CC34CC5(OCC[N+](C)(CCC(=O)O)Cc6ccc(NC(=O)[C@H](CCCNC(N)=O)NC(=O)[C@@H](NC(=O)CCOCCN7C(=O)C=CC7=O)C(C)C)cc6)C[C@](C)(C3)C[C@](C)(C4)C5)c2)c(C(=O)O)n1. The number of nitrogens with one attached hydrogen (secondary N) is 5. The lowest BCUT2D eigenvalue weighted by atomic mass is 9.39. The second-order valence-corrected chi connectivity index (χ2v) is 29.7. The fourth-order valence-electron chi connectivity index (χ4n) is 16.4. The number of imide groups is 1. The number of nitrogens with two attached hydrogens (primary N) is 1. The number of carboxylic acids is 2. The number of aliphatic carboxylic acids is 1. The van der Waals surface area contributed by atoms with E-state index in [4.69, 9.17) is 30.3 Å². The molecule has 9 N–H and O–H groups in total. The number of pyridine rings is 1. The molecule has 3 unspecified atom stereocenters. The number of quaternary nitrogens is 1. The third-order valence-corrected chi connectivity index (χ3v) is 20.7. The number of amides is 7. The number of carbonyl (C=O) groups excluding carboxylic acids is 6. The van der Waals surface area contributed by atoms with Gasteiger partial charge in [0.2, 0.25) is 17.7 Å². The maximum Gasteiger partial charge on any atom is 0.355 e. The van der Waals surface area contributed by atoms with Gasteiger partial charge in [0, 0.05) is 77.9 Å². The van der Waals surface area contributed by atoms with E-state index in [0.717, 1.165) is 88.3 Å². The third kappa shape index (κ3) is 16.5. The Morgan fingerprint density at radius 3 is 2.29 bits per heavy atom. The van der Waals surface area contributed by atoms with Gasteiger partial charge in [0.1, 0.15) is 31.0 Å². The van der Waals surface area contributed by atoms with Crippen LogP contribution in [-0.4, -0.2) is 174 Å². The van der Waals surface area contributed by atoms with Gasteiger partial charge in [0.15, 0.2) is 22.5 Å². The molecule has 6 aromatic rings. The summed E-state index contributed by atoms with van der Waals surface area (Å²) in [6.07, 6.45) is 13.5. The van der Waals surface area contributed by atoms with Gasteiger partial charge in [-0.3, -0.25) is 38.3 Å². The Morgan fingerprint density at radius 2 is 1.58 bits per heavy atom. The summed E-state index contributed by atoms with van der Waals surface area (Å²) in [6, 6.07) is 16.0. The Kier molecular flexibility index (Phi) is 20.8. The van der Waals surface area contributed by atoms with Crippen molar-refractivity contribution in [1.82, 2.24) is 50.8 Å². The van der Waals surface area contributed by atoms with E-state index >= 15 is 0 Å². The van der Waals surface area contributed by atoms with Gasteiger partial charge in [-0.15, -0.1) is 10.2 Å². The number of para-hydroxylation sites is 1. The number of thiazole rings is 1. The van der Waals surface area contributed by atoms with Crippen LogP contribution in [0.15, 0.2) is 85.2 Å². The molecule has 4 fully saturated rings. The van der Waals surface area contributed by atoms with Crippen LogP contribution in [0.4, 0.5) is 33.1 Å². The van der Waals surface area contributed by atoms with Crippen molar-refractivity contribution >= 4 is 97.3 Å². The lowest BCUT2D eigenvalue weighted by Gasteiger charge is -2.69. The van der Waals surface area contributed by atoms with Crippen LogP contribution in [0.25, 0.3) is 21.3 Å². The van der Waals surface area contributed by atoms with Gasteiger partial charge in [0.25, 0.3) is 11.8 Å². The molecule has 4 aliphatic carbocycles. The van der Waals surface area contributed by atoms with Crippen molar-refractivity contribution in [3.05, 3.63) is 108 Å². The highest BCUT2D eigenvalue weighted by atomic mass is 32.1. The molecule has 0 radical (unpaired) electrons. The summed E-state index contributed by atoms with van der Waals surface area (Å²) in [6.45, 7) is 13.3. The number of aromatic nitrogens is 6. The summed E-state index contributed by atoms with van der Waals surface area (Å²) >= 11 is 1.54. The van der Waals surface area contributed by atoms with Crippen molar-refractivity contribution in [2.24, 2.45) is 27.9 Å². The molecular weight excluding hydrogens is 1270 g/mol. The predicted molar refractivity (Wildman–Crippen MR) is 366 cm³/mol. The number of nitrogens with zero attached hydrogens (tertiary/aromatic N) is 9. The van der Waals surface area contributed by atoms with Gasteiger partial charge in [-0.25, -0.2) is 19.6 Å². The predicted octanol–water partition coefficient (Wildman–Crippen LogP) is 7.78. The Morgan fingerprint density at radius 1 is 0.837 bits per heavy atom. The quantitative estimate of drug-likeness (QED) is 0.0113. The van der Waals surface area contributed by atoms with E-state index < -0.39 is 65.2 Å². The molecule has 28 heteroatoms. The zero-order chi connectivity index (χ0) is 69.7. The number of aromatic carboxylic acids is 1. The molecule has 0 saturated heterocycles.